The first kappa shape index (κ1) is 21.3. The zero-order valence-electron chi connectivity index (χ0n) is 18.1. The van der Waals surface area contributed by atoms with Gasteiger partial charge in [0.15, 0.2) is 5.13 Å². The summed E-state index contributed by atoms with van der Waals surface area (Å²) < 4.78 is 0. The summed E-state index contributed by atoms with van der Waals surface area (Å²) in [5, 5.41) is 5.07. The third kappa shape index (κ3) is 4.13. The SMILES string of the molecule is Cc1sc(NC(=O)c2c(C)c(-c3ccc(Cl)cc3)nc3ccccc23)nc1-c1ccccc1. The van der Waals surface area contributed by atoms with Crippen LogP contribution >= 0.6 is 22.9 Å². The van der Waals surface area contributed by atoms with Gasteiger partial charge in [0, 0.05) is 26.4 Å². The molecule has 3 aromatic carbocycles. The lowest BCUT2D eigenvalue weighted by Crippen LogP contribution is -2.15. The van der Waals surface area contributed by atoms with Gasteiger partial charge < -0.3 is 0 Å². The van der Waals surface area contributed by atoms with E-state index in [1.807, 2.05) is 92.7 Å². The minimum Gasteiger partial charge on any atom is -0.298 e. The van der Waals surface area contributed by atoms with Crippen LogP contribution in [0, 0.1) is 13.8 Å². The fourth-order valence-electron chi connectivity index (χ4n) is 3.96. The highest BCUT2D eigenvalue weighted by atomic mass is 35.5. The Morgan fingerprint density at radius 2 is 1.48 bits per heavy atom. The largest absolute Gasteiger partial charge is 0.298 e. The van der Waals surface area contributed by atoms with Crippen molar-refractivity contribution in [1.29, 1.82) is 0 Å². The van der Waals surface area contributed by atoms with Crippen LogP contribution in [0.2, 0.25) is 5.02 Å². The van der Waals surface area contributed by atoms with Crippen molar-refractivity contribution in [3.05, 3.63) is 99.9 Å². The number of rotatable bonds is 4. The zero-order chi connectivity index (χ0) is 22.9. The first-order chi connectivity index (χ1) is 16.0. The maximum atomic E-state index is 13.6. The van der Waals surface area contributed by atoms with E-state index < -0.39 is 0 Å². The number of nitrogens with zero attached hydrogens (tertiary/aromatic N) is 2. The van der Waals surface area contributed by atoms with Gasteiger partial charge in [0.25, 0.3) is 5.91 Å². The molecule has 6 heteroatoms. The molecule has 0 radical (unpaired) electrons. The van der Waals surface area contributed by atoms with Crippen molar-refractivity contribution >= 4 is 44.9 Å². The topological polar surface area (TPSA) is 54.9 Å². The lowest BCUT2D eigenvalue weighted by atomic mass is 9.97. The summed E-state index contributed by atoms with van der Waals surface area (Å²) in [7, 11) is 0. The molecule has 0 unspecified atom stereocenters. The van der Waals surface area contributed by atoms with Crippen molar-refractivity contribution in [2.75, 3.05) is 5.32 Å². The molecule has 1 N–H and O–H groups in total. The van der Waals surface area contributed by atoms with Gasteiger partial charge in [0.05, 0.1) is 22.5 Å². The molecule has 2 heterocycles. The van der Waals surface area contributed by atoms with Gasteiger partial charge >= 0.3 is 0 Å². The predicted molar refractivity (Wildman–Crippen MR) is 137 cm³/mol. The van der Waals surface area contributed by atoms with Crippen LogP contribution in [-0.2, 0) is 0 Å². The van der Waals surface area contributed by atoms with Crippen molar-refractivity contribution in [2.24, 2.45) is 0 Å². The Labute approximate surface area is 200 Å². The van der Waals surface area contributed by atoms with E-state index in [4.69, 9.17) is 21.6 Å². The van der Waals surface area contributed by atoms with E-state index in [2.05, 4.69) is 5.32 Å². The fraction of sp³-hybridized carbons (Fsp3) is 0.0741. The average molecular weight is 470 g/mol. The molecule has 0 atom stereocenters. The molecule has 0 aliphatic carbocycles. The Morgan fingerprint density at radius 3 is 2.24 bits per heavy atom. The molecule has 1 amide bonds. The third-order valence-electron chi connectivity index (χ3n) is 5.54. The van der Waals surface area contributed by atoms with Gasteiger partial charge in [0.1, 0.15) is 0 Å². The number of aryl methyl sites for hydroxylation is 1. The van der Waals surface area contributed by atoms with Gasteiger partial charge in [-0.05, 0) is 37.6 Å². The quantitative estimate of drug-likeness (QED) is 0.295. The highest BCUT2D eigenvalue weighted by Crippen LogP contribution is 2.33. The van der Waals surface area contributed by atoms with E-state index in [-0.39, 0.29) is 5.91 Å². The summed E-state index contributed by atoms with van der Waals surface area (Å²) in [6.07, 6.45) is 0. The van der Waals surface area contributed by atoms with Crippen LogP contribution in [0.3, 0.4) is 0 Å². The van der Waals surface area contributed by atoms with Gasteiger partial charge in [0.2, 0.25) is 0 Å². The number of pyridine rings is 1. The number of halogens is 1. The minimum atomic E-state index is -0.199. The molecule has 4 nitrogen and oxygen atoms in total. The summed E-state index contributed by atoms with van der Waals surface area (Å²) in [4.78, 5) is 24.1. The van der Waals surface area contributed by atoms with Gasteiger partial charge in [-0.2, -0.15) is 0 Å². The lowest BCUT2D eigenvalue weighted by molar-refractivity contribution is 0.102. The Kier molecular flexibility index (Phi) is 5.67. The maximum absolute atomic E-state index is 13.6. The van der Waals surface area contributed by atoms with Crippen molar-refractivity contribution in [3.63, 3.8) is 0 Å². The van der Waals surface area contributed by atoms with Crippen molar-refractivity contribution in [2.45, 2.75) is 13.8 Å². The summed E-state index contributed by atoms with van der Waals surface area (Å²) >= 11 is 7.55. The Morgan fingerprint density at radius 1 is 0.818 bits per heavy atom. The number of fused-ring (bicyclic) bond motifs is 1. The average Bonchev–Trinajstić information content (AvgIpc) is 3.19. The highest BCUT2D eigenvalue weighted by molar-refractivity contribution is 7.16. The van der Waals surface area contributed by atoms with Gasteiger partial charge in [-0.15, -0.1) is 11.3 Å². The number of aromatic nitrogens is 2. The number of carbonyl (C=O) groups is 1. The van der Waals surface area contributed by atoms with Crippen LogP contribution in [-0.4, -0.2) is 15.9 Å². The smallest absolute Gasteiger partial charge is 0.258 e. The molecule has 0 saturated heterocycles. The van der Waals surface area contributed by atoms with Gasteiger partial charge in [-0.25, -0.2) is 9.97 Å². The molecule has 0 spiro atoms. The first-order valence-corrected chi connectivity index (χ1v) is 11.7. The lowest BCUT2D eigenvalue weighted by Gasteiger charge is -2.14. The number of nitrogens with one attached hydrogen (secondary N) is 1. The fourth-order valence-corrected chi connectivity index (χ4v) is 4.92. The number of hydrogen-bond acceptors (Lipinski definition) is 4. The Balaban J connectivity index is 1.58. The van der Waals surface area contributed by atoms with E-state index >= 15 is 0 Å². The molecule has 0 bridgehead atoms. The second-order valence-corrected chi connectivity index (χ2v) is 9.37. The molecule has 162 valence electrons. The third-order valence-corrected chi connectivity index (χ3v) is 6.68. The predicted octanol–water partition coefficient (Wildman–Crippen LogP) is 7.55. The van der Waals surface area contributed by atoms with Crippen LogP contribution in [0.5, 0.6) is 0 Å². The van der Waals surface area contributed by atoms with Crippen LogP contribution in [0.4, 0.5) is 5.13 Å². The number of hydrogen-bond donors (Lipinski definition) is 1. The highest BCUT2D eigenvalue weighted by Gasteiger charge is 2.20. The standard InChI is InChI=1S/C27H20ClN3OS/c1-16-23(26(32)31-27-30-25(17(2)33-27)18-8-4-3-5-9-18)21-10-6-7-11-22(21)29-24(16)19-12-14-20(28)15-13-19/h3-15H,1-2H3,(H,30,31,32). The number of benzene rings is 3. The molecular formula is C27H20ClN3OS. The molecule has 0 aliphatic rings. The molecule has 0 aliphatic heterocycles. The molecule has 5 aromatic rings. The minimum absolute atomic E-state index is 0.199. The second kappa shape index (κ2) is 8.77. The number of amides is 1. The number of para-hydroxylation sites is 1. The second-order valence-electron chi connectivity index (χ2n) is 7.73. The molecule has 5 rings (SSSR count). The van der Waals surface area contributed by atoms with Crippen molar-refractivity contribution in [3.8, 4) is 22.5 Å². The molecule has 2 aromatic heterocycles. The molecule has 33 heavy (non-hydrogen) atoms. The van der Waals surface area contributed by atoms with Crippen LogP contribution in [0.15, 0.2) is 78.9 Å². The van der Waals surface area contributed by atoms with Crippen molar-refractivity contribution < 1.29 is 4.79 Å². The Bertz CT molecular complexity index is 1480. The summed E-state index contributed by atoms with van der Waals surface area (Å²) in [5.41, 5.74) is 5.75. The van der Waals surface area contributed by atoms with E-state index in [0.29, 0.717) is 15.7 Å². The van der Waals surface area contributed by atoms with E-state index in [0.717, 1.165) is 43.9 Å². The molecule has 0 fully saturated rings. The van der Waals surface area contributed by atoms with Crippen molar-refractivity contribution in [1.82, 2.24) is 9.97 Å². The van der Waals surface area contributed by atoms with E-state index in [9.17, 15) is 4.79 Å². The first-order valence-electron chi connectivity index (χ1n) is 10.5. The molecular weight excluding hydrogens is 450 g/mol. The zero-order valence-corrected chi connectivity index (χ0v) is 19.7. The van der Waals surface area contributed by atoms with Crippen LogP contribution in [0.25, 0.3) is 33.4 Å². The van der Waals surface area contributed by atoms with E-state index in [1.165, 1.54) is 11.3 Å². The van der Waals surface area contributed by atoms with E-state index in [1.54, 1.807) is 0 Å². The van der Waals surface area contributed by atoms with Gasteiger partial charge in [-0.1, -0.05) is 72.3 Å². The summed E-state index contributed by atoms with van der Waals surface area (Å²) in [6, 6.07) is 25.2. The van der Waals surface area contributed by atoms with Gasteiger partial charge in [-0.3, -0.25) is 10.1 Å². The molecule has 0 saturated carbocycles. The monoisotopic (exact) mass is 469 g/mol. The Hall–Kier alpha value is -3.54. The number of anilines is 1. The normalized spacial score (nSPS) is 11.0. The summed E-state index contributed by atoms with van der Waals surface area (Å²) in [5.74, 6) is -0.199. The number of thiazole rings is 1. The van der Waals surface area contributed by atoms with Crippen LogP contribution < -0.4 is 5.32 Å². The van der Waals surface area contributed by atoms with Crippen LogP contribution in [0.1, 0.15) is 20.8 Å². The maximum Gasteiger partial charge on any atom is 0.258 e. The summed E-state index contributed by atoms with van der Waals surface area (Å²) in [6.45, 7) is 3.95. The number of carbonyl (C=O) groups excluding carboxylic acids is 1.